The van der Waals surface area contributed by atoms with Crippen LogP contribution in [0.2, 0.25) is 0 Å². The minimum absolute atomic E-state index is 0.151. The van der Waals surface area contributed by atoms with E-state index in [1.54, 1.807) is 11.9 Å². The Kier molecular flexibility index (Phi) is 7.85. The van der Waals surface area contributed by atoms with Crippen LogP contribution in [0.15, 0.2) is 0 Å². The van der Waals surface area contributed by atoms with Crippen molar-refractivity contribution < 1.29 is 19.4 Å². The van der Waals surface area contributed by atoms with Crippen molar-refractivity contribution in [2.45, 2.75) is 64.8 Å². The number of β-amino-alcohol motifs (C(OH)–C–C–N with tert-alkyl or cyclic N) is 1. The summed E-state index contributed by atoms with van der Waals surface area (Å²) in [4.78, 5) is 28.7. The lowest BCUT2D eigenvalue weighted by Crippen LogP contribution is -2.63. The molecule has 0 saturated carbocycles. The number of hydrogen-bond acceptors (Lipinski definition) is 6. The minimum Gasteiger partial charge on any atom is -0.444 e. The molecule has 0 aromatic rings. The highest BCUT2D eigenvalue weighted by Crippen LogP contribution is 2.16. The molecule has 0 bridgehead atoms. The molecule has 0 aromatic heterocycles. The van der Waals surface area contributed by atoms with Crippen molar-refractivity contribution in [3.8, 4) is 0 Å². The van der Waals surface area contributed by atoms with E-state index in [1.807, 2.05) is 46.4 Å². The van der Waals surface area contributed by atoms with Crippen LogP contribution in [0.1, 0.15) is 41.5 Å². The first-order valence-corrected chi connectivity index (χ1v) is 9.19. The maximum absolute atomic E-state index is 12.8. The molecule has 8 heteroatoms. The lowest BCUT2D eigenvalue weighted by atomic mass is 10.1. The van der Waals surface area contributed by atoms with Crippen LogP contribution in [0.4, 0.5) is 4.79 Å². The van der Waals surface area contributed by atoms with Gasteiger partial charge in [-0.25, -0.2) is 4.79 Å². The number of likely N-dealkylation sites (N-methyl/N-ethyl adjacent to an activating group) is 1. The zero-order chi connectivity index (χ0) is 20.1. The summed E-state index contributed by atoms with van der Waals surface area (Å²) in [6.45, 7) is 13.2. The van der Waals surface area contributed by atoms with Gasteiger partial charge in [0.1, 0.15) is 11.6 Å². The average molecular weight is 373 g/mol. The Morgan fingerprint density at radius 3 is 2.31 bits per heavy atom. The minimum atomic E-state index is -0.585. The second kappa shape index (κ2) is 9.01. The van der Waals surface area contributed by atoms with Crippen molar-refractivity contribution in [1.29, 1.82) is 0 Å². The number of aliphatic hydroxyl groups is 1. The third-order valence-electron chi connectivity index (χ3n) is 3.83. The molecule has 1 heterocycles. The van der Waals surface area contributed by atoms with Gasteiger partial charge in [-0.1, -0.05) is 0 Å². The molecule has 0 aromatic carbocycles. The average Bonchev–Trinajstić information content (AvgIpc) is 2.44. The summed E-state index contributed by atoms with van der Waals surface area (Å²) in [7, 11) is 1.77. The van der Waals surface area contributed by atoms with Crippen LogP contribution in [-0.4, -0.2) is 90.0 Å². The number of amides is 2. The van der Waals surface area contributed by atoms with Gasteiger partial charge in [0.25, 0.3) is 0 Å². The first kappa shape index (κ1) is 22.7. The van der Waals surface area contributed by atoms with E-state index in [0.29, 0.717) is 26.2 Å². The zero-order valence-corrected chi connectivity index (χ0v) is 17.3. The summed E-state index contributed by atoms with van der Waals surface area (Å²) in [5, 5.41) is 16.0. The number of rotatable bonds is 5. The Morgan fingerprint density at radius 1 is 1.19 bits per heavy atom. The third-order valence-corrected chi connectivity index (χ3v) is 3.83. The van der Waals surface area contributed by atoms with Crippen molar-refractivity contribution in [1.82, 2.24) is 20.4 Å². The van der Waals surface area contributed by atoms with Gasteiger partial charge in [0.15, 0.2) is 0 Å². The molecular weight excluding hydrogens is 336 g/mol. The monoisotopic (exact) mass is 372 g/mol. The summed E-state index contributed by atoms with van der Waals surface area (Å²) in [5.41, 5.74) is -0.957. The van der Waals surface area contributed by atoms with Crippen molar-refractivity contribution in [2.24, 2.45) is 0 Å². The van der Waals surface area contributed by atoms with Crippen LogP contribution < -0.4 is 10.6 Å². The molecule has 0 spiro atoms. The molecule has 1 rings (SSSR count). The van der Waals surface area contributed by atoms with Crippen LogP contribution in [0.3, 0.4) is 0 Å². The molecule has 1 unspecified atom stereocenters. The third kappa shape index (κ3) is 7.88. The predicted molar refractivity (Wildman–Crippen MR) is 101 cm³/mol. The first-order chi connectivity index (χ1) is 11.8. The van der Waals surface area contributed by atoms with E-state index in [9.17, 15) is 14.7 Å². The quantitative estimate of drug-likeness (QED) is 0.647. The molecule has 2 atom stereocenters. The second-order valence-corrected chi connectivity index (χ2v) is 8.89. The fraction of sp³-hybridized carbons (Fsp3) is 0.889. The molecule has 26 heavy (non-hydrogen) atoms. The molecule has 0 aliphatic carbocycles. The molecule has 1 aliphatic heterocycles. The van der Waals surface area contributed by atoms with Crippen molar-refractivity contribution in [3.05, 3.63) is 0 Å². The van der Waals surface area contributed by atoms with Gasteiger partial charge in [0.05, 0.1) is 6.10 Å². The smallest absolute Gasteiger partial charge is 0.410 e. The topological polar surface area (TPSA) is 94.1 Å². The van der Waals surface area contributed by atoms with Crippen molar-refractivity contribution in [2.75, 3.05) is 39.8 Å². The van der Waals surface area contributed by atoms with Crippen molar-refractivity contribution in [3.63, 3.8) is 0 Å². The van der Waals surface area contributed by atoms with E-state index < -0.39 is 23.8 Å². The van der Waals surface area contributed by atoms with Gasteiger partial charge >= 0.3 is 6.09 Å². The highest BCUT2D eigenvalue weighted by molar-refractivity contribution is 5.83. The first-order valence-electron chi connectivity index (χ1n) is 9.19. The molecule has 3 N–H and O–H groups in total. The highest BCUT2D eigenvalue weighted by Gasteiger charge is 2.37. The maximum Gasteiger partial charge on any atom is 0.410 e. The van der Waals surface area contributed by atoms with Crippen LogP contribution >= 0.6 is 0 Å². The maximum atomic E-state index is 12.8. The highest BCUT2D eigenvalue weighted by atomic mass is 16.6. The lowest BCUT2D eigenvalue weighted by Gasteiger charge is -2.42. The van der Waals surface area contributed by atoms with E-state index in [1.165, 1.54) is 0 Å². The van der Waals surface area contributed by atoms with Crippen LogP contribution in [0, 0.1) is 0 Å². The van der Waals surface area contributed by atoms with Gasteiger partial charge < -0.3 is 25.4 Å². The Hall–Kier alpha value is -1.38. The number of hydrogen-bond donors (Lipinski definition) is 3. The Bertz CT molecular complexity index is 485. The Balaban J connectivity index is 2.87. The summed E-state index contributed by atoms with van der Waals surface area (Å²) in [6.07, 6.45) is -1.00. The summed E-state index contributed by atoms with van der Waals surface area (Å²) >= 11 is 0. The largest absolute Gasteiger partial charge is 0.444 e. The number of nitrogens with zero attached hydrogens (tertiary/aromatic N) is 2. The Morgan fingerprint density at radius 2 is 1.81 bits per heavy atom. The zero-order valence-electron chi connectivity index (χ0n) is 17.3. The number of nitrogens with one attached hydrogen (secondary N) is 2. The second-order valence-electron chi connectivity index (χ2n) is 8.89. The van der Waals surface area contributed by atoms with E-state index >= 15 is 0 Å². The molecule has 8 nitrogen and oxygen atoms in total. The van der Waals surface area contributed by atoms with Gasteiger partial charge in [-0.05, 0) is 48.6 Å². The molecular formula is C18H36N4O4. The summed E-state index contributed by atoms with van der Waals surface area (Å²) in [5.74, 6) is -0.151. The lowest BCUT2D eigenvalue weighted by molar-refractivity contribution is -0.130. The van der Waals surface area contributed by atoms with E-state index in [4.69, 9.17) is 4.74 Å². The van der Waals surface area contributed by atoms with Gasteiger partial charge in [0.2, 0.25) is 5.91 Å². The molecule has 2 amide bonds. The predicted octanol–water partition coefficient (Wildman–Crippen LogP) is 0.403. The standard InChI is InChI=1S/C18H36N4O4/c1-17(2,3)20-15(24)14-12-22(16(25)26-18(4,5)6)9-8-21(14)11-13(23)10-19-7/h13-14,19,23H,8-12H2,1-7H3,(H,20,24)/t13?,14-/m0/s1. The molecule has 0 radical (unpaired) electrons. The fourth-order valence-electron chi connectivity index (χ4n) is 2.80. The van der Waals surface area contributed by atoms with E-state index in [-0.39, 0.29) is 18.0 Å². The Labute approximate surface area is 157 Å². The summed E-state index contributed by atoms with van der Waals surface area (Å²) in [6, 6.07) is -0.526. The SMILES string of the molecule is CNCC(O)CN1CCN(C(=O)OC(C)(C)C)C[C@H]1C(=O)NC(C)(C)C. The molecule has 1 saturated heterocycles. The van der Waals surface area contributed by atoms with Crippen LogP contribution in [-0.2, 0) is 9.53 Å². The number of ether oxygens (including phenoxy) is 1. The van der Waals surface area contributed by atoms with E-state index in [0.717, 1.165) is 0 Å². The van der Waals surface area contributed by atoms with Gasteiger partial charge in [-0.3, -0.25) is 9.69 Å². The van der Waals surface area contributed by atoms with Crippen LogP contribution in [0.25, 0.3) is 0 Å². The number of carbonyl (C=O) groups excluding carboxylic acids is 2. The summed E-state index contributed by atoms with van der Waals surface area (Å²) < 4.78 is 5.44. The van der Waals surface area contributed by atoms with Gasteiger partial charge in [-0.15, -0.1) is 0 Å². The number of carbonyl (C=O) groups is 2. The molecule has 1 aliphatic rings. The van der Waals surface area contributed by atoms with Gasteiger partial charge in [0, 0.05) is 38.3 Å². The normalized spacial score (nSPS) is 20.6. The fourth-order valence-corrected chi connectivity index (χ4v) is 2.80. The van der Waals surface area contributed by atoms with Crippen LogP contribution in [0.5, 0.6) is 0 Å². The van der Waals surface area contributed by atoms with Gasteiger partial charge in [-0.2, -0.15) is 0 Å². The van der Waals surface area contributed by atoms with Crippen molar-refractivity contribution >= 4 is 12.0 Å². The van der Waals surface area contributed by atoms with E-state index in [2.05, 4.69) is 10.6 Å². The molecule has 152 valence electrons. The molecule has 1 fully saturated rings. The number of aliphatic hydroxyl groups excluding tert-OH is 1. The number of piperazine rings is 1.